The molecule has 0 bridgehead atoms. The lowest BCUT2D eigenvalue weighted by Gasteiger charge is -2.27. The molecule has 2 N–H and O–H groups in total. The summed E-state index contributed by atoms with van der Waals surface area (Å²) in [5.41, 5.74) is 5.27. The number of carbonyl (C=O) groups excluding carboxylic acids is 1. The predicted octanol–water partition coefficient (Wildman–Crippen LogP) is 5.53. The molecule has 30 heavy (non-hydrogen) atoms. The average molecular weight is 433 g/mol. The van der Waals surface area contributed by atoms with Gasteiger partial charge in [-0.3, -0.25) is 9.36 Å². The standard InChI is InChI=1S/C23H20N4OS2/c1-14-13-18(15(2)26(14)16-9-5-3-6-10-16)20-24-21-19(22(28)25-20)30-23(29)27(21)17-11-7-4-8-12-17/h3-13,20,24H,1-2H3,(H,25,28)/t20-/m1/s1. The molecule has 5 rings (SSSR count). The van der Waals surface area contributed by atoms with Crippen molar-refractivity contribution >= 4 is 35.3 Å². The lowest BCUT2D eigenvalue weighted by atomic mass is 10.1. The highest BCUT2D eigenvalue weighted by Crippen LogP contribution is 2.36. The van der Waals surface area contributed by atoms with Crippen molar-refractivity contribution in [2.24, 2.45) is 0 Å². The fourth-order valence-electron chi connectivity index (χ4n) is 4.05. The average Bonchev–Trinajstić information content (AvgIpc) is 3.25. The van der Waals surface area contributed by atoms with Crippen molar-refractivity contribution in [2.45, 2.75) is 20.0 Å². The van der Waals surface area contributed by atoms with Crippen LogP contribution in [0.5, 0.6) is 0 Å². The highest BCUT2D eigenvalue weighted by atomic mass is 32.1. The van der Waals surface area contributed by atoms with Crippen molar-refractivity contribution in [3.8, 4) is 11.4 Å². The second-order valence-electron chi connectivity index (χ2n) is 7.26. The Morgan fingerprint density at radius 2 is 1.50 bits per heavy atom. The van der Waals surface area contributed by atoms with E-state index in [-0.39, 0.29) is 12.1 Å². The molecule has 0 unspecified atom stereocenters. The molecule has 0 fully saturated rings. The monoisotopic (exact) mass is 432 g/mol. The van der Waals surface area contributed by atoms with Crippen LogP contribution in [0.3, 0.4) is 0 Å². The summed E-state index contributed by atoms with van der Waals surface area (Å²) in [6.45, 7) is 4.16. The van der Waals surface area contributed by atoms with Crippen LogP contribution in [0.15, 0.2) is 66.7 Å². The molecule has 1 atom stereocenters. The van der Waals surface area contributed by atoms with E-state index in [1.807, 2.05) is 53.1 Å². The Morgan fingerprint density at radius 1 is 0.900 bits per heavy atom. The molecule has 0 saturated heterocycles. The van der Waals surface area contributed by atoms with Gasteiger partial charge >= 0.3 is 0 Å². The maximum Gasteiger partial charge on any atom is 0.267 e. The molecule has 7 heteroatoms. The van der Waals surface area contributed by atoms with E-state index in [0.717, 1.165) is 34.1 Å². The summed E-state index contributed by atoms with van der Waals surface area (Å²) in [5, 5.41) is 6.63. The summed E-state index contributed by atoms with van der Waals surface area (Å²) in [6.07, 6.45) is -0.340. The molecule has 0 spiro atoms. The van der Waals surface area contributed by atoms with Gasteiger partial charge in [-0.25, -0.2) is 0 Å². The highest BCUT2D eigenvalue weighted by molar-refractivity contribution is 7.73. The van der Waals surface area contributed by atoms with E-state index in [0.29, 0.717) is 8.83 Å². The number of fused-ring (bicyclic) bond motifs is 1. The molecule has 2 aromatic carbocycles. The molecule has 1 aliphatic rings. The Morgan fingerprint density at radius 3 is 2.13 bits per heavy atom. The van der Waals surface area contributed by atoms with Crippen LogP contribution >= 0.6 is 23.6 Å². The Labute approximate surface area is 183 Å². The number of carbonyl (C=O) groups is 1. The Bertz CT molecular complexity index is 1300. The highest BCUT2D eigenvalue weighted by Gasteiger charge is 2.31. The zero-order valence-electron chi connectivity index (χ0n) is 16.5. The van der Waals surface area contributed by atoms with E-state index in [4.69, 9.17) is 12.2 Å². The molecule has 150 valence electrons. The Kier molecular flexibility index (Phi) is 4.56. The molecule has 0 saturated carbocycles. The number of aryl methyl sites for hydroxylation is 1. The number of rotatable bonds is 3. The van der Waals surface area contributed by atoms with E-state index in [1.165, 1.54) is 11.3 Å². The summed E-state index contributed by atoms with van der Waals surface area (Å²) >= 11 is 6.91. The number of hydrogen-bond donors (Lipinski definition) is 2. The third-order valence-electron chi connectivity index (χ3n) is 5.38. The minimum Gasteiger partial charge on any atom is -0.346 e. The van der Waals surface area contributed by atoms with Gasteiger partial charge in [0.05, 0.1) is 0 Å². The minimum atomic E-state index is -0.340. The first-order chi connectivity index (χ1) is 14.5. The van der Waals surface area contributed by atoms with Crippen molar-refractivity contribution in [1.82, 2.24) is 14.5 Å². The van der Waals surface area contributed by atoms with Crippen LogP contribution in [-0.4, -0.2) is 15.0 Å². The van der Waals surface area contributed by atoms with Crippen molar-refractivity contribution in [3.05, 3.63) is 92.5 Å². The SMILES string of the molecule is Cc1cc([C@H]2NC(=O)c3sc(=S)n(-c4ccccc4)c3N2)c(C)n1-c1ccccc1. The fraction of sp³-hybridized carbons (Fsp3) is 0.130. The maximum absolute atomic E-state index is 12.9. The zero-order valence-corrected chi connectivity index (χ0v) is 18.2. The van der Waals surface area contributed by atoms with E-state index in [9.17, 15) is 4.79 Å². The van der Waals surface area contributed by atoms with Gasteiger partial charge in [0, 0.05) is 28.3 Å². The first-order valence-electron chi connectivity index (χ1n) is 9.67. The summed E-state index contributed by atoms with van der Waals surface area (Å²) in [5.74, 6) is 0.638. The Hall–Kier alpha value is -3.16. The number of benzene rings is 2. The maximum atomic E-state index is 12.9. The van der Waals surface area contributed by atoms with Gasteiger partial charge in [0.1, 0.15) is 16.9 Å². The van der Waals surface area contributed by atoms with Gasteiger partial charge in [0.25, 0.3) is 5.91 Å². The lowest BCUT2D eigenvalue weighted by molar-refractivity contribution is 0.0939. The second kappa shape index (κ2) is 7.27. The number of hydrogen-bond acceptors (Lipinski definition) is 4. The molecule has 0 radical (unpaired) electrons. The van der Waals surface area contributed by atoms with Crippen LogP contribution < -0.4 is 10.6 Å². The first kappa shape index (κ1) is 18.8. The number of amides is 1. The third kappa shape index (κ3) is 2.98. The van der Waals surface area contributed by atoms with E-state index >= 15 is 0 Å². The molecule has 2 aromatic heterocycles. The van der Waals surface area contributed by atoms with Crippen LogP contribution in [0.25, 0.3) is 11.4 Å². The van der Waals surface area contributed by atoms with Crippen molar-refractivity contribution in [2.75, 3.05) is 5.32 Å². The molecular weight excluding hydrogens is 412 g/mol. The van der Waals surface area contributed by atoms with E-state index in [1.54, 1.807) is 0 Å². The van der Waals surface area contributed by atoms with Gasteiger partial charge in [-0.15, -0.1) is 0 Å². The van der Waals surface area contributed by atoms with Gasteiger partial charge in [-0.2, -0.15) is 0 Å². The molecule has 0 aliphatic carbocycles. The predicted molar refractivity (Wildman–Crippen MR) is 124 cm³/mol. The molecule has 4 aromatic rings. The van der Waals surface area contributed by atoms with Gasteiger partial charge in [-0.05, 0) is 56.4 Å². The van der Waals surface area contributed by atoms with Gasteiger partial charge in [0.2, 0.25) is 0 Å². The van der Waals surface area contributed by atoms with Crippen LogP contribution in [0.4, 0.5) is 5.82 Å². The van der Waals surface area contributed by atoms with Gasteiger partial charge < -0.3 is 15.2 Å². The van der Waals surface area contributed by atoms with Crippen LogP contribution in [0.1, 0.15) is 32.8 Å². The largest absolute Gasteiger partial charge is 0.346 e. The van der Waals surface area contributed by atoms with Crippen molar-refractivity contribution in [3.63, 3.8) is 0 Å². The second-order valence-corrected chi connectivity index (χ2v) is 8.91. The smallest absolute Gasteiger partial charge is 0.267 e. The summed E-state index contributed by atoms with van der Waals surface area (Å²) in [6, 6.07) is 22.2. The number of anilines is 1. The topological polar surface area (TPSA) is 51.0 Å². The summed E-state index contributed by atoms with van der Waals surface area (Å²) in [4.78, 5) is 13.5. The van der Waals surface area contributed by atoms with E-state index in [2.05, 4.69) is 47.2 Å². The number of nitrogens with one attached hydrogen (secondary N) is 2. The number of thiazole rings is 1. The van der Waals surface area contributed by atoms with Gasteiger partial charge in [-0.1, -0.05) is 47.7 Å². The van der Waals surface area contributed by atoms with Crippen LogP contribution in [0.2, 0.25) is 0 Å². The first-order valence-corrected chi connectivity index (χ1v) is 10.9. The van der Waals surface area contributed by atoms with Crippen molar-refractivity contribution < 1.29 is 4.79 Å². The van der Waals surface area contributed by atoms with Crippen LogP contribution in [0, 0.1) is 17.8 Å². The minimum absolute atomic E-state index is 0.107. The zero-order chi connectivity index (χ0) is 20.8. The normalized spacial score (nSPS) is 15.4. The summed E-state index contributed by atoms with van der Waals surface area (Å²) < 4.78 is 4.79. The van der Waals surface area contributed by atoms with Crippen LogP contribution in [-0.2, 0) is 0 Å². The molecular formula is C23H20N4OS2. The Balaban J connectivity index is 1.60. The molecule has 1 aliphatic heterocycles. The number of aromatic nitrogens is 2. The number of nitrogens with zero attached hydrogens (tertiary/aromatic N) is 2. The molecule has 5 nitrogen and oxygen atoms in total. The van der Waals surface area contributed by atoms with Gasteiger partial charge in [0.15, 0.2) is 3.95 Å². The third-order valence-corrected chi connectivity index (χ3v) is 6.76. The van der Waals surface area contributed by atoms with E-state index < -0.39 is 0 Å². The number of para-hydroxylation sites is 2. The fourth-order valence-corrected chi connectivity index (χ4v) is 5.36. The summed E-state index contributed by atoms with van der Waals surface area (Å²) in [7, 11) is 0. The molecule has 3 heterocycles. The molecule has 1 amide bonds. The quantitative estimate of drug-likeness (QED) is 0.419. The van der Waals surface area contributed by atoms with Crippen molar-refractivity contribution in [1.29, 1.82) is 0 Å². The lowest BCUT2D eigenvalue weighted by Crippen LogP contribution is -2.38.